The Morgan fingerprint density at radius 1 is 1.06 bits per heavy atom. The molecule has 2 amide bonds. The lowest BCUT2D eigenvalue weighted by Crippen LogP contribution is -2.26. The average Bonchev–Trinajstić information content (AvgIpc) is 3.21. The predicted molar refractivity (Wildman–Crippen MR) is 122 cm³/mol. The number of para-hydroxylation sites is 1. The van der Waals surface area contributed by atoms with Crippen molar-refractivity contribution >= 4 is 33.6 Å². The van der Waals surface area contributed by atoms with Crippen LogP contribution in [0.4, 0.5) is 0 Å². The largest absolute Gasteiger partial charge is 0.497 e. The van der Waals surface area contributed by atoms with Gasteiger partial charge in [-0.15, -0.1) is 0 Å². The van der Waals surface area contributed by atoms with Gasteiger partial charge in [-0.1, -0.05) is 18.2 Å². The topological polar surface area (TPSA) is 116 Å². The molecule has 0 saturated carbocycles. The normalized spacial score (nSPS) is 10.9. The second-order valence-electron chi connectivity index (χ2n) is 7.43. The van der Waals surface area contributed by atoms with Gasteiger partial charge in [0, 0.05) is 34.8 Å². The number of H-pyrrole nitrogens is 1. The first kappa shape index (κ1) is 21.3. The third-order valence-corrected chi connectivity index (χ3v) is 5.33. The van der Waals surface area contributed by atoms with Crippen LogP contribution in [0, 0.1) is 0 Å². The molecule has 2 aromatic carbocycles. The molecule has 4 aromatic rings. The predicted octanol–water partition coefficient (Wildman–Crippen LogP) is 3.80. The van der Waals surface area contributed by atoms with E-state index in [9.17, 15) is 9.59 Å². The Morgan fingerprint density at radius 3 is 2.59 bits per heavy atom. The van der Waals surface area contributed by atoms with Gasteiger partial charge in [0.1, 0.15) is 11.4 Å². The fourth-order valence-corrected chi connectivity index (χ4v) is 3.68. The van der Waals surface area contributed by atoms with Crippen LogP contribution in [0.15, 0.2) is 54.6 Å². The van der Waals surface area contributed by atoms with Crippen LogP contribution in [-0.2, 0) is 4.79 Å². The Hall–Kier alpha value is -3.91. The number of hydrogen-bond acceptors (Lipinski definition) is 5. The van der Waals surface area contributed by atoms with Crippen molar-refractivity contribution in [1.29, 1.82) is 0 Å². The van der Waals surface area contributed by atoms with Crippen LogP contribution in [0.1, 0.15) is 29.8 Å². The first-order valence-electron chi connectivity index (χ1n) is 10.4. The number of hydroxylamine groups is 1. The lowest BCUT2D eigenvalue weighted by molar-refractivity contribution is -0.129. The van der Waals surface area contributed by atoms with Crippen molar-refractivity contribution in [1.82, 2.24) is 20.8 Å². The molecule has 0 radical (unpaired) electrons. The molecule has 164 valence electrons. The number of carbonyl (C=O) groups is 2. The molecule has 0 bridgehead atoms. The number of amides is 2. The van der Waals surface area contributed by atoms with E-state index in [1.165, 1.54) is 0 Å². The number of nitrogens with one attached hydrogen (secondary N) is 3. The number of methoxy groups -OCH3 is 1. The third kappa shape index (κ3) is 4.40. The number of fused-ring (bicyclic) bond motifs is 3. The second-order valence-corrected chi connectivity index (χ2v) is 7.43. The van der Waals surface area contributed by atoms with Gasteiger partial charge in [0.2, 0.25) is 5.91 Å². The van der Waals surface area contributed by atoms with Gasteiger partial charge in [-0.3, -0.25) is 14.8 Å². The summed E-state index contributed by atoms with van der Waals surface area (Å²) in [5, 5.41) is 13.3. The van der Waals surface area contributed by atoms with Crippen LogP contribution in [0.2, 0.25) is 0 Å². The third-order valence-electron chi connectivity index (χ3n) is 5.33. The first-order valence-corrected chi connectivity index (χ1v) is 10.4. The Bertz CT molecular complexity index is 1260. The number of ether oxygens (including phenoxy) is 1. The second kappa shape index (κ2) is 9.49. The van der Waals surface area contributed by atoms with Crippen molar-refractivity contribution in [2.45, 2.75) is 19.3 Å². The van der Waals surface area contributed by atoms with Gasteiger partial charge in [0.15, 0.2) is 0 Å². The molecule has 0 spiro atoms. The van der Waals surface area contributed by atoms with E-state index in [-0.39, 0.29) is 12.3 Å². The van der Waals surface area contributed by atoms with Gasteiger partial charge < -0.3 is 15.0 Å². The highest BCUT2D eigenvalue weighted by Crippen LogP contribution is 2.33. The molecular formula is C24H24N4O4. The SMILES string of the molecule is COc1ccc(-c2nc(C(=O)NCCCCC(=O)NO)cc3c2[nH]c2ccccc23)cc1. The molecule has 0 unspecified atom stereocenters. The smallest absolute Gasteiger partial charge is 0.269 e. The van der Waals surface area contributed by atoms with Gasteiger partial charge in [0.05, 0.1) is 18.3 Å². The maximum atomic E-state index is 12.9. The van der Waals surface area contributed by atoms with Crippen LogP contribution >= 0.6 is 0 Å². The van der Waals surface area contributed by atoms with E-state index in [0.717, 1.165) is 33.1 Å². The number of aromatic amines is 1. The average molecular weight is 432 g/mol. The number of rotatable bonds is 8. The number of pyridine rings is 1. The number of benzene rings is 2. The fraction of sp³-hybridized carbons (Fsp3) is 0.208. The summed E-state index contributed by atoms with van der Waals surface area (Å²) in [6, 6.07) is 17.3. The summed E-state index contributed by atoms with van der Waals surface area (Å²) in [6.07, 6.45) is 1.37. The van der Waals surface area contributed by atoms with Crippen molar-refractivity contribution in [2.75, 3.05) is 13.7 Å². The minimum absolute atomic E-state index is 0.202. The fourth-order valence-electron chi connectivity index (χ4n) is 3.68. The standard InChI is InChI=1S/C24H24N4O4/c1-32-16-11-9-15(10-12-16)22-23-18(17-6-2-3-7-19(17)26-23)14-20(27-22)24(30)25-13-5-4-8-21(29)28-31/h2-3,6-7,9-12,14,26,31H,4-5,8,13H2,1H3,(H,25,30)(H,28,29). The van der Waals surface area contributed by atoms with Crippen molar-refractivity contribution < 1.29 is 19.5 Å². The maximum absolute atomic E-state index is 12.9. The highest BCUT2D eigenvalue weighted by Gasteiger charge is 2.17. The summed E-state index contributed by atoms with van der Waals surface area (Å²) in [6.45, 7) is 0.406. The van der Waals surface area contributed by atoms with Crippen molar-refractivity contribution in [3.8, 4) is 17.0 Å². The van der Waals surface area contributed by atoms with E-state index in [1.54, 1.807) is 18.7 Å². The van der Waals surface area contributed by atoms with E-state index < -0.39 is 5.91 Å². The summed E-state index contributed by atoms with van der Waals surface area (Å²) in [4.78, 5) is 32.1. The molecule has 2 aromatic heterocycles. The molecule has 4 N–H and O–H groups in total. The highest BCUT2D eigenvalue weighted by atomic mass is 16.5. The van der Waals surface area contributed by atoms with Gasteiger partial charge in [0.25, 0.3) is 5.91 Å². The summed E-state index contributed by atoms with van der Waals surface area (Å²) >= 11 is 0. The quantitative estimate of drug-likeness (QED) is 0.192. The minimum atomic E-state index is -0.438. The Balaban J connectivity index is 1.66. The van der Waals surface area contributed by atoms with E-state index in [2.05, 4.69) is 15.3 Å². The zero-order chi connectivity index (χ0) is 22.5. The number of unbranched alkanes of at least 4 members (excludes halogenated alkanes) is 1. The van der Waals surface area contributed by atoms with Crippen LogP contribution in [0.25, 0.3) is 33.1 Å². The number of nitrogens with zero attached hydrogens (tertiary/aromatic N) is 1. The van der Waals surface area contributed by atoms with E-state index >= 15 is 0 Å². The molecule has 8 nitrogen and oxygen atoms in total. The molecular weight excluding hydrogens is 408 g/mol. The van der Waals surface area contributed by atoms with Gasteiger partial charge in [-0.25, -0.2) is 10.5 Å². The molecule has 8 heteroatoms. The van der Waals surface area contributed by atoms with Crippen LogP contribution in [0.3, 0.4) is 0 Å². The van der Waals surface area contributed by atoms with Gasteiger partial charge in [-0.2, -0.15) is 0 Å². The molecule has 0 aliphatic heterocycles. The molecule has 0 aliphatic rings. The Labute approximate surface area is 184 Å². The molecule has 0 aliphatic carbocycles. The monoisotopic (exact) mass is 432 g/mol. The molecule has 0 saturated heterocycles. The Kier molecular flexibility index (Phi) is 6.32. The summed E-state index contributed by atoms with van der Waals surface area (Å²) in [7, 11) is 1.62. The summed E-state index contributed by atoms with van der Waals surface area (Å²) in [5.41, 5.74) is 5.31. The van der Waals surface area contributed by atoms with Gasteiger partial charge >= 0.3 is 0 Å². The first-order chi connectivity index (χ1) is 15.6. The molecule has 0 atom stereocenters. The van der Waals surface area contributed by atoms with E-state index in [4.69, 9.17) is 9.94 Å². The number of carbonyl (C=O) groups excluding carboxylic acids is 2. The zero-order valence-electron chi connectivity index (χ0n) is 17.6. The number of hydrogen-bond donors (Lipinski definition) is 4. The molecule has 4 rings (SSSR count). The van der Waals surface area contributed by atoms with E-state index in [1.807, 2.05) is 48.5 Å². The van der Waals surface area contributed by atoms with Crippen LogP contribution < -0.4 is 15.5 Å². The summed E-state index contributed by atoms with van der Waals surface area (Å²) in [5.74, 6) is 0.0240. The Morgan fingerprint density at radius 2 is 1.84 bits per heavy atom. The van der Waals surface area contributed by atoms with Crippen LogP contribution in [0.5, 0.6) is 5.75 Å². The number of aromatic nitrogens is 2. The van der Waals surface area contributed by atoms with Crippen molar-refractivity contribution in [3.63, 3.8) is 0 Å². The summed E-state index contributed by atoms with van der Waals surface area (Å²) < 4.78 is 5.26. The van der Waals surface area contributed by atoms with Crippen LogP contribution in [-0.4, -0.2) is 40.6 Å². The molecule has 2 heterocycles. The van der Waals surface area contributed by atoms with Crippen molar-refractivity contribution in [3.05, 3.63) is 60.3 Å². The maximum Gasteiger partial charge on any atom is 0.269 e. The minimum Gasteiger partial charge on any atom is -0.497 e. The molecule has 32 heavy (non-hydrogen) atoms. The van der Waals surface area contributed by atoms with E-state index in [0.29, 0.717) is 30.8 Å². The van der Waals surface area contributed by atoms with Crippen molar-refractivity contribution in [2.24, 2.45) is 0 Å². The lowest BCUT2D eigenvalue weighted by atomic mass is 10.1. The zero-order valence-corrected chi connectivity index (χ0v) is 17.6. The van der Waals surface area contributed by atoms with Gasteiger partial charge in [-0.05, 0) is 49.2 Å². The highest BCUT2D eigenvalue weighted by molar-refractivity contribution is 6.13. The molecule has 0 fully saturated rings. The lowest BCUT2D eigenvalue weighted by Gasteiger charge is -2.09.